The lowest BCUT2D eigenvalue weighted by Crippen LogP contribution is -2.26. The summed E-state index contributed by atoms with van der Waals surface area (Å²) in [5.41, 5.74) is 1.35. The van der Waals surface area contributed by atoms with Crippen molar-refractivity contribution in [3.8, 4) is 0 Å². The molecule has 4 nitrogen and oxygen atoms in total. The highest BCUT2D eigenvalue weighted by atomic mass is 35.5. The van der Waals surface area contributed by atoms with Crippen LogP contribution in [-0.4, -0.2) is 10.5 Å². The molecule has 0 radical (unpaired) electrons. The Morgan fingerprint density at radius 3 is 2.79 bits per heavy atom. The van der Waals surface area contributed by atoms with Crippen LogP contribution >= 0.6 is 11.6 Å². The summed E-state index contributed by atoms with van der Waals surface area (Å²) >= 11 is 5.98. The van der Waals surface area contributed by atoms with Crippen molar-refractivity contribution in [2.75, 3.05) is 5.32 Å². The number of pyridine rings is 1. The van der Waals surface area contributed by atoms with Crippen LogP contribution in [0, 0.1) is 6.92 Å². The molecule has 2 aromatic rings. The topological polar surface area (TPSA) is 51.1 Å². The van der Waals surface area contributed by atoms with Gasteiger partial charge in [0.25, 0.3) is 5.56 Å². The Balaban J connectivity index is 2.08. The molecule has 0 aliphatic heterocycles. The molecule has 5 heteroatoms. The van der Waals surface area contributed by atoms with E-state index >= 15 is 0 Å². The lowest BCUT2D eigenvalue weighted by molar-refractivity contribution is -0.116. The van der Waals surface area contributed by atoms with Gasteiger partial charge in [0.2, 0.25) is 5.91 Å². The second-order valence-corrected chi connectivity index (χ2v) is 4.59. The maximum absolute atomic E-state index is 11.8. The monoisotopic (exact) mass is 276 g/mol. The first-order valence-electron chi connectivity index (χ1n) is 5.78. The van der Waals surface area contributed by atoms with Crippen molar-refractivity contribution in [2.45, 2.75) is 13.5 Å². The van der Waals surface area contributed by atoms with E-state index in [-0.39, 0.29) is 18.0 Å². The van der Waals surface area contributed by atoms with Crippen molar-refractivity contribution in [3.05, 3.63) is 63.5 Å². The number of hydrogen-bond donors (Lipinski definition) is 1. The predicted molar refractivity (Wildman–Crippen MR) is 75.5 cm³/mol. The summed E-state index contributed by atoms with van der Waals surface area (Å²) in [6.07, 6.45) is 1.57. The first kappa shape index (κ1) is 13.4. The molecule has 1 N–H and O–H groups in total. The third-order valence-electron chi connectivity index (χ3n) is 2.67. The third kappa shape index (κ3) is 3.45. The number of nitrogens with one attached hydrogen (secondary N) is 1. The Labute approximate surface area is 115 Å². The number of hydrogen-bond acceptors (Lipinski definition) is 2. The fraction of sp³-hybridized carbons (Fsp3) is 0.143. The molecule has 0 bridgehead atoms. The first-order valence-corrected chi connectivity index (χ1v) is 6.15. The fourth-order valence-corrected chi connectivity index (χ4v) is 1.80. The minimum Gasteiger partial charge on any atom is -0.324 e. The van der Waals surface area contributed by atoms with Gasteiger partial charge in [-0.1, -0.05) is 23.7 Å². The zero-order chi connectivity index (χ0) is 13.8. The highest BCUT2D eigenvalue weighted by Gasteiger charge is 2.05. The predicted octanol–water partition coefficient (Wildman–Crippen LogP) is 2.45. The molecule has 1 heterocycles. The second kappa shape index (κ2) is 5.71. The van der Waals surface area contributed by atoms with E-state index in [9.17, 15) is 9.59 Å². The molecule has 1 aromatic carbocycles. The van der Waals surface area contributed by atoms with Gasteiger partial charge in [-0.15, -0.1) is 0 Å². The van der Waals surface area contributed by atoms with E-state index in [1.165, 1.54) is 10.6 Å². The zero-order valence-corrected chi connectivity index (χ0v) is 11.1. The normalized spacial score (nSPS) is 10.2. The number of aromatic nitrogens is 1. The number of halogens is 1. The van der Waals surface area contributed by atoms with E-state index in [1.807, 2.05) is 13.0 Å². The molecule has 0 unspecified atom stereocenters. The highest BCUT2D eigenvalue weighted by Crippen LogP contribution is 2.19. The Kier molecular flexibility index (Phi) is 4.02. The average Bonchev–Trinajstić information content (AvgIpc) is 2.37. The van der Waals surface area contributed by atoms with Gasteiger partial charge in [0.1, 0.15) is 6.54 Å². The molecule has 1 amide bonds. The number of benzene rings is 1. The number of anilines is 1. The van der Waals surface area contributed by atoms with E-state index in [1.54, 1.807) is 30.5 Å². The van der Waals surface area contributed by atoms with Crippen LogP contribution in [0.5, 0.6) is 0 Å². The zero-order valence-electron chi connectivity index (χ0n) is 10.4. The van der Waals surface area contributed by atoms with Gasteiger partial charge in [-0.25, -0.2) is 0 Å². The molecule has 0 fully saturated rings. The summed E-state index contributed by atoms with van der Waals surface area (Å²) in [5.74, 6) is -0.270. The van der Waals surface area contributed by atoms with Crippen molar-refractivity contribution in [3.63, 3.8) is 0 Å². The maximum atomic E-state index is 11.8. The minimum absolute atomic E-state index is 0.0226. The van der Waals surface area contributed by atoms with Crippen molar-refractivity contribution in [1.82, 2.24) is 4.57 Å². The van der Waals surface area contributed by atoms with Gasteiger partial charge < -0.3 is 9.88 Å². The van der Waals surface area contributed by atoms with Gasteiger partial charge in [0.05, 0.1) is 0 Å². The summed E-state index contributed by atoms with van der Waals surface area (Å²) in [6, 6.07) is 10.0. The number of nitrogens with zero attached hydrogens (tertiary/aromatic N) is 1. The Morgan fingerprint density at radius 2 is 2.11 bits per heavy atom. The van der Waals surface area contributed by atoms with Crippen molar-refractivity contribution < 1.29 is 4.79 Å². The smallest absolute Gasteiger partial charge is 0.250 e. The van der Waals surface area contributed by atoms with E-state index < -0.39 is 0 Å². The van der Waals surface area contributed by atoms with Crippen molar-refractivity contribution in [1.29, 1.82) is 0 Å². The number of carbonyl (C=O) groups excluding carboxylic acids is 1. The molecule has 0 saturated carbocycles. The maximum Gasteiger partial charge on any atom is 0.250 e. The van der Waals surface area contributed by atoms with Crippen molar-refractivity contribution in [2.24, 2.45) is 0 Å². The Morgan fingerprint density at radius 1 is 1.32 bits per heavy atom. The first-order chi connectivity index (χ1) is 9.06. The SMILES string of the molecule is Cc1ccc(NC(=O)Cn2ccccc2=O)cc1Cl. The summed E-state index contributed by atoms with van der Waals surface area (Å²) < 4.78 is 1.34. The van der Waals surface area contributed by atoms with Crippen LogP contribution in [0.3, 0.4) is 0 Å². The van der Waals surface area contributed by atoms with E-state index in [2.05, 4.69) is 5.32 Å². The Hall–Kier alpha value is -2.07. The van der Waals surface area contributed by atoms with Crippen LogP contribution in [-0.2, 0) is 11.3 Å². The van der Waals surface area contributed by atoms with E-state index in [0.717, 1.165) is 5.56 Å². The molecule has 0 saturated heterocycles. The van der Waals surface area contributed by atoms with Crippen LogP contribution in [0.4, 0.5) is 5.69 Å². The molecule has 2 rings (SSSR count). The molecular weight excluding hydrogens is 264 g/mol. The number of carbonyl (C=O) groups is 1. The number of amides is 1. The Bertz CT molecular complexity index is 664. The minimum atomic E-state index is -0.270. The molecule has 19 heavy (non-hydrogen) atoms. The van der Waals surface area contributed by atoms with E-state index in [0.29, 0.717) is 10.7 Å². The van der Waals surface area contributed by atoms with Gasteiger partial charge in [-0.3, -0.25) is 9.59 Å². The summed E-state index contributed by atoms with van der Waals surface area (Å²) in [4.78, 5) is 23.3. The van der Waals surface area contributed by atoms with Gasteiger partial charge in [0, 0.05) is 23.0 Å². The van der Waals surface area contributed by atoms with Crippen LogP contribution < -0.4 is 10.9 Å². The molecule has 0 aliphatic carbocycles. The summed E-state index contributed by atoms with van der Waals surface area (Å²) in [5, 5.41) is 3.29. The summed E-state index contributed by atoms with van der Waals surface area (Å²) in [6.45, 7) is 1.86. The fourth-order valence-electron chi connectivity index (χ4n) is 1.62. The molecular formula is C14H13ClN2O2. The standard InChI is InChI=1S/C14H13ClN2O2/c1-10-5-6-11(8-12(10)15)16-13(18)9-17-7-3-2-4-14(17)19/h2-8H,9H2,1H3,(H,16,18). The third-order valence-corrected chi connectivity index (χ3v) is 3.08. The van der Waals surface area contributed by atoms with E-state index in [4.69, 9.17) is 11.6 Å². The second-order valence-electron chi connectivity index (χ2n) is 4.18. The quantitative estimate of drug-likeness (QED) is 0.936. The van der Waals surface area contributed by atoms with Crippen LogP contribution in [0.1, 0.15) is 5.56 Å². The average molecular weight is 277 g/mol. The van der Waals surface area contributed by atoms with Gasteiger partial charge in [-0.05, 0) is 30.7 Å². The van der Waals surface area contributed by atoms with Gasteiger partial charge >= 0.3 is 0 Å². The molecule has 1 aromatic heterocycles. The van der Waals surface area contributed by atoms with Crippen LogP contribution in [0.15, 0.2) is 47.4 Å². The molecule has 0 atom stereocenters. The lowest BCUT2D eigenvalue weighted by atomic mass is 10.2. The number of aryl methyl sites for hydroxylation is 1. The van der Waals surface area contributed by atoms with Gasteiger partial charge in [-0.2, -0.15) is 0 Å². The largest absolute Gasteiger partial charge is 0.324 e. The number of rotatable bonds is 3. The highest BCUT2D eigenvalue weighted by molar-refractivity contribution is 6.31. The molecule has 98 valence electrons. The molecule has 0 aliphatic rings. The van der Waals surface area contributed by atoms with Gasteiger partial charge in [0.15, 0.2) is 0 Å². The summed E-state index contributed by atoms with van der Waals surface area (Å²) in [7, 11) is 0. The van der Waals surface area contributed by atoms with Crippen LogP contribution in [0.2, 0.25) is 5.02 Å². The van der Waals surface area contributed by atoms with Crippen LogP contribution in [0.25, 0.3) is 0 Å². The lowest BCUT2D eigenvalue weighted by Gasteiger charge is -2.08. The van der Waals surface area contributed by atoms with Crippen molar-refractivity contribution >= 4 is 23.2 Å². The molecule has 0 spiro atoms.